The Bertz CT molecular complexity index is 431. The van der Waals surface area contributed by atoms with E-state index >= 15 is 0 Å². The Labute approximate surface area is 110 Å². The Balaban J connectivity index is 1.98. The molecule has 88 valence electrons. The van der Waals surface area contributed by atoms with E-state index < -0.39 is 0 Å². The van der Waals surface area contributed by atoms with Crippen molar-refractivity contribution < 1.29 is 0 Å². The van der Waals surface area contributed by atoms with Crippen molar-refractivity contribution in [3.05, 3.63) is 60.2 Å². The molecule has 0 aliphatic carbocycles. The molecular weight excluding hydrogens is 271 g/mol. The molecule has 0 radical (unpaired) electrons. The van der Waals surface area contributed by atoms with E-state index in [9.17, 15) is 0 Å². The summed E-state index contributed by atoms with van der Waals surface area (Å²) in [6.07, 6.45) is 3.79. The van der Waals surface area contributed by atoms with Gasteiger partial charge in [0.15, 0.2) is 0 Å². The van der Waals surface area contributed by atoms with Gasteiger partial charge in [0.05, 0.1) is 0 Å². The van der Waals surface area contributed by atoms with Crippen LogP contribution in [-0.4, -0.2) is 15.0 Å². The second kappa shape index (κ2) is 6.64. The van der Waals surface area contributed by atoms with E-state index in [4.69, 9.17) is 0 Å². The third kappa shape index (κ3) is 4.03. The topological polar surface area (TPSA) is 0 Å². The van der Waals surface area contributed by atoms with Gasteiger partial charge in [0.2, 0.25) is 0 Å². The zero-order valence-corrected chi connectivity index (χ0v) is 11.9. The molecular formula is C16H18Se. The zero-order chi connectivity index (χ0) is 11.9. The van der Waals surface area contributed by atoms with Crippen LogP contribution < -0.4 is 8.92 Å². The minimum absolute atomic E-state index is 0.449. The monoisotopic (exact) mass is 290 g/mol. The second-order valence-electron chi connectivity index (χ2n) is 4.16. The Kier molecular flexibility index (Phi) is 4.85. The fourth-order valence-electron chi connectivity index (χ4n) is 1.73. The van der Waals surface area contributed by atoms with Crippen LogP contribution in [0.25, 0.3) is 0 Å². The van der Waals surface area contributed by atoms with Gasteiger partial charge in [-0.25, -0.2) is 0 Å². The summed E-state index contributed by atoms with van der Waals surface area (Å²) in [6.45, 7) is 2.24. The normalized spacial score (nSPS) is 10.4. The summed E-state index contributed by atoms with van der Waals surface area (Å²) in [5, 5.41) is 0. The predicted molar refractivity (Wildman–Crippen MR) is 76.5 cm³/mol. The van der Waals surface area contributed by atoms with Gasteiger partial charge in [0.1, 0.15) is 0 Å². The van der Waals surface area contributed by atoms with E-state index in [-0.39, 0.29) is 0 Å². The molecule has 0 unspecified atom stereocenters. The molecule has 2 aromatic rings. The predicted octanol–water partition coefficient (Wildman–Crippen LogP) is 2.68. The van der Waals surface area contributed by atoms with Crippen LogP contribution in [0.1, 0.15) is 25.3 Å². The van der Waals surface area contributed by atoms with E-state index in [0.717, 1.165) is 0 Å². The van der Waals surface area contributed by atoms with Crippen LogP contribution in [-0.2, 0) is 6.42 Å². The Morgan fingerprint density at radius 3 is 2.12 bits per heavy atom. The maximum absolute atomic E-state index is 2.29. The molecule has 0 aliphatic rings. The van der Waals surface area contributed by atoms with Gasteiger partial charge in [-0.2, -0.15) is 0 Å². The summed E-state index contributed by atoms with van der Waals surface area (Å²) < 4.78 is 2.91. The molecule has 0 N–H and O–H groups in total. The number of unbranched alkanes of at least 4 members (excludes halogenated alkanes) is 1. The van der Waals surface area contributed by atoms with Gasteiger partial charge in [-0.1, -0.05) is 0 Å². The van der Waals surface area contributed by atoms with E-state index in [1.807, 2.05) is 0 Å². The van der Waals surface area contributed by atoms with Crippen LogP contribution in [0, 0.1) is 0 Å². The van der Waals surface area contributed by atoms with Gasteiger partial charge in [0, 0.05) is 0 Å². The summed E-state index contributed by atoms with van der Waals surface area (Å²) in [7, 11) is 0. The first-order valence-corrected chi connectivity index (χ1v) is 7.91. The van der Waals surface area contributed by atoms with Crippen molar-refractivity contribution in [1.82, 2.24) is 0 Å². The molecule has 0 fully saturated rings. The first-order valence-electron chi connectivity index (χ1n) is 6.20. The van der Waals surface area contributed by atoms with Crippen LogP contribution in [0.2, 0.25) is 0 Å². The zero-order valence-electron chi connectivity index (χ0n) is 10.2. The van der Waals surface area contributed by atoms with E-state index in [2.05, 4.69) is 61.5 Å². The molecule has 1 heteroatoms. The number of rotatable bonds is 5. The van der Waals surface area contributed by atoms with Gasteiger partial charge >= 0.3 is 110 Å². The summed E-state index contributed by atoms with van der Waals surface area (Å²) in [5.74, 6) is 0. The van der Waals surface area contributed by atoms with Crippen LogP contribution in [0.4, 0.5) is 0 Å². The SMILES string of the molecule is CCCCc1ccc([Se]c2ccccc2)cc1. The van der Waals surface area contributed by atoms with Crippen LogP contribution >= 0.6 is 0 Å². The molecule has 2 aromatic carbocycles. The fraction of sp³-hybridized carbons (Fsp3) is 0.250. The molecule has 0 nitrogen and oxygen atoms in total. The standard InChI is InChI=1S/C16H18Se/c1-2-3-7-14-10-12-16(13-11-14)17-15-8-5-4-6-9-15/h4-6,8-13H,2-3,7H2,1H3. The molecule has 0 bridgehead atoms. The second-order valence-corrected chi connectivity index (χ2v) is 6.57. The summed E-state index contributed by atoms with van der Waals surface area (Å²) in [6, 6.07) is 19.9. The van der Waals surface area contributed by atoms with Gasteiger partial charge in [-0.05, 0) is 0 Å². The minimum atomic E-state index is 0.449. The molecule has 0 saturated carbocycles. The number of hydrogen-bond donors (Lipinski definition) is 0. The quantitative estimate of drug-likeness (QED) is 0.742. The molecule has 2 rings (SSSR count). The molecule has 0 saturated heterocycles. The molecule has 0 spiro atoms. The van der Waals surface area contributed by atoms with Gasteiger partial charge < -0.3 is 0 Å². The maximum atomic E-state index is 2.29. The van der Waals surface area contributed by atoms with Gasteiger partial charge in [-0.3, -0.25) is 0 Å². The fourth-order valence-corrected chi connectivity index (χ4v) is 3.49. The van der Waals surface area contributed by atoms with Crippen LogP contribution in [0.5, 0.6) is 0 Å². The molecule has 0 atom stereocenters. The van der Waals surface area contributed by atoms with Crippen molar-refractivity contribution in [2.45, 2.75) is 26.2 Å². The van der Waals surface area contributed by atoms with E-state index in [1.165, 1.54) is 33.7 Å². The average Bonchev–Trinajstić information content (AvgIpc) is 2.39. The Morgan fingerprint density at radius 2 is 1.47 bits per heavy atom. The Morgan fingerprint density at radius 1 is 0.824 bits per heavy atom. The van der Waals surface area contributed by atoms with Gasteiger partial charge in [-0.15, -0.1) is 0 Å². The third-order valence-corrected chi connectivity index (χ3v) is 4.85. The van der Waals surface area contributed by atoms with Crippen molar-refractivity contribution in [3.8, 4) is 0 Å². The van der Waals surface area contributed by atoms with E-state index in [1.54, 1.807) is 0 Å². The van der Waals surface area contributed by atoms with Crippen molar-refractivity contribution in [1.29, 1.82) is 0 Å². The summed E-state index contributed by atoms with van der Waals surface area (Å²) >= 11 is 0.449. The van der Waals surface area contributed by atoms with Crippen molar-refractivity contribution >= 4 is 23.9 Å². The first kappa shape index (κ1) is 12.4. The first-order chi connectivity index (χ1) is 8.38. The van der Waals surface area contributed by atoms with Crippen LogP contribution in [0.15, 0.2) is 54.6 Å². The molecule has 0 heterocycles. The van der Waals surface area contributed by atoms with Crippen molar-refractivity contribution in [3.63, 3.8) is 0 Å². The van der Waals surface area contributed by atoms with E-state index in [0.29, 0.717) is 15.0 Å². The molecule has 0 aliphatic heterocycles. The number of hydrogen-bond acceptors (Lipinski definition) is 0. The summed E-state index contributed by atoms with van der Waals surface area (Å²) in [5.41, 5.74) is 1.47. The van der Waals surface area contributed by atoms with Crippen molar-refractivity contribution in [2.75, 3.05) is 0 Å². The van der Waals surface area contributed by atoms with Gasteiger partial charge in [0.25, 0.3) is 0 Å². The average molecular weight is 289 g/mol. The Hall–Kier alpha value is -1.04. The summed E-state index contributed by atoms with van der Waals surface area (Å²) in [4.78, 5) is 0. The third-order valence-electron chi connectivity index (χ3n) is 2.72. The number of benzene rings is 2. The number of aryl methyl sites for hydroxylation is 1. The molecule has 0 aromatic heterocycles. The molecule has 17 heavy (non-hydrogen) atoms. The van der Waals surface area contributed by atoms with Crippen molar-refractivity contribution in [2.24, 2.45) is 0 Å². The van der Waals surface area contributed by atoms with Crippen LogP contribution in [0.3, 0.4) is 0 Å². The molecule has 0 amide bonds.